The van der Waals surface area contributed by atoms with Crippen LogP contribution in [0.1, 0.15) is 23.8 Å². The van der Waals surface area contributed by atoms with Gasteiger partial charge in [0.05, 0.1) is 5.54 Å². The summed E-state index contributed by atoms with van der Waals surface area (Å²) in [5, 5.41) is 3.90. The van der Waals surface area contributed by atoms with Gasteiger partial charge in [0.25, 0.3) is 5.91 Å². The molecule has 4 rings (SSSR count). The van der Waals surface area contributed by atoms with Crippen LogP contribution < -0.4 is 20.1 Å². The van der Waals surface area contributed by atoms with Crippen molar-refractivity contribution < 1.29 is 49.5 Å². The minimum absolute atomic E-state index is 0.0488. The minimum Gasteiger partial charge on any atom is -0.488 e. The van der Waals surface area contributed by atoms with E-state index in [1.807, 2.05) is 0 Å². The smallest absolute Gasteiger partial charge is 0.408 e. The summed E-state index contributed by atoms with van der Waals surface area (Å²) in [6, 6.07) is 0.347. The summed E-state index contributed by atoms with van der Waals surface area (Å²) in [7, 11) is -3.01. The Labute approximate surface area is 218 Å². The van der Waals surface area contributed by atoms with E-state index in [9.17, 15) is 44.8 Å². The van der Waals surface area contributed by atoms with E-state index in [1.54, 1.807) is 5.32 Å². The van der Waals surface area contributed by atoms with E-state index in [0.29, 0.717) is 6.92 Å². The van der Waals surface area contributed by atoms with E-state index in [-0.39, 0.29) is 30.1 Å². The Morgan fingerprint density at radius 2 is 1.87 bits per heavy atom. The fourth-order valence-corrected chi connectivity index (χ4v) is 5.85. The Hall–Kier alpha value is -3.73. The van der Waals surface area contributed by atoms with Crippen LogP contribution in [-0.2, 0) is 26.7 Å². The van der Waals surface area contributed by atoms with Gasteiger partial charge < -0.3 is 24.8 Å². The molecule has 1 aromatic carbocycles. The van der Waals surface area contributed by atoms with Crippen molar-refractivity contribution >= 4 is 33.4 Å². The molecule has 2 aliphatic rings. The van der Waals surface area contributed by atoms with E-state index in [1.165, 1.54) is 7.05 Å². The molecule has 1 aromatic heterocycles. The maximum atomic E-state index is 13.6. The summed E-state index contributed by atoms with van der Waals surface area (Å²) in [6.07, 6.45) is -3.72. The lowest BCUT2D eigenvalue weighted by molar-refractivity contribution is -0.162. The van der Waals surface area contributed by atoms with Crippen molar-refractivity contribution in [3.05, 3.63) is 41.7 Å². The lowest BCUT2D eigenvalue weighted by Crippen LogP contribution is -2.55. The van der Waals surface area contributed by atoms with Crippen molar-refractivity contribution in [2.24, 2.45) is 7.05 Å². The van der Waals surface area contributed by atoms with Crippen molar-refractivity contribution in [2.75, 3.05) is 25.0 Å². The lowest BCUT2D eigenvalue weighted by Gasteiger charge is -2.27. The highest BCUT2D eigenvalue weighted by atomic mass is 32.2. The number of nitrogens with zero attached hydrogens (tertiary/aromatic N) is 2. The zero-order valence-corrected chi connectivity index (χ0v) is 21.2. The molecule has 3 N–H and O–H groups in total. The largest absolute Gasteiger partial charge is 0.488 e. The number of carbonyl (C=O) groups excluding carboxylic acids is 3. The molecule has 3 heterocycles. The summed E-state index contributed by atoms with van der Waals surface area (Å²) in [5.74, 6) is -6.38. The van der Waals surface area contributed by atoms with Crippen molar-refractivity contribution in [3.8, 4) is 5.75 Å². The van der Waals surface area contributed by atoms with Gasteiger partial charge in [-0.2, -0.15) is 17.9 Å². The average molecular weight is 580 g/mol. The van der Waals surface area contributed by atoms with Crippen LogP contribution in [0.25, 0.3) is 0 Å². The van der Waals surface area contributed by atoms with E-state index in [2.05, 4.69) is 10.0 Å². The van der Waals surface area contributed by atoms with Gasteiger partial charge in [-0.15, -0.1) is 0 Å². The number of sulfonamides is 1. The Balaban J connectivity index is 1.54. The third-order valence-electron chi connectivity index (χ3n) is 6.30. The average Bonchev–Trinajstić information content (AvgIpc) is 3.37. The molecule has 0 saturated carbocycles. The first-order chi connectivity index (χ1) is 18.0. The Morgan fingerprint density at radius 3 is 2.51 bits per heavy atom. The molecule has 39 heavy (non-hydrogen) atoms. The maximum absolute atomic E-state index is 13.6. The number of halogens is 5. The molecular weight excluding hydrogens is 557 g/mol. The van der Waals surface area contributed by atoms with Crippen LogP contribution in [0.5, 0.6) is 5.75 Å². The minimum atomic E-state index is -4.77. The van der Waals surface area contributed by atoms with Crippen molar-refractivity contribution in [3.63, 3.8) is 0 Å². The number of ether oxygens (including phenoxy) is 1. The van der Waals surface area contributed by atoms with E-state index >= 15 is 0 Å². The molecule has 17 heteroatoms. The van der Waals surface area contributed by atoms with Crippen LogP contribution in [0.15, 0.2) is 29.3 Å². The number of fused-ring (bicyclic) bond motifs is 1. The van der Waals surface area contributed by atoms with Gasteiger partial charge in [-0.1, -0.05) is 0 Å². The van der Waals surface area contributed by atoms with Crippen molar-refractivity contribution in [1.82, 2.24) is 19.5 Å². The molecule has 0 aliphatic carbocycles. The predicted octanol–water partition coefficient (Wildman–Crippen LogP) is 1.26. The fourth-order valence-electron chi connectivity index (χ4n) is 4.24. The molecule has 3 amide bonds. The number of alkyl halides is 3. The topological polar surface area (TPSA) is 139 Å². The van der Waals surface area contributed by atoms with Gasteiger partial charge in [0.2, 0.25) is 10.0 Å². The molecule has 2 aromatic rings. The number of anilines is 1. The Kier molecular flexibility index (Phi) is 7.09. The van der Waals surface area contributed by atoms with Gasteiger partial charge in [-0.25, -0.2) is 17.2 Å². The van der Waals surface area contributed by atoms with E-state index in [4.69, 9.17) is 4.74 Å². The second-order valence-electron chi connectivity index (χ2n) is 9.25. The predicted molar refractivity (Wildman–Crippen MR) is 123 cm³/mol. The lowest BCUT2D eigenvalue weighted by atomic mass is 10.0. The highest BCUT2D eigenvalue weighted by Gasteiger charge is 2.49. The van der Waals surface area contributed by atoms with Crippen molar-refractivity contribution in [2.45, 2.75) is 36.0 Å². The number of likely N-dealkylation sites (tertiary alicyclic amines) is 1. The molecule has 0 radical (unpaired) electrons. The highest BCUT2D eigenvalue weighted by Crippen LogP contribution is 2.37. The second kappa shape index (κ2) is 9.78. The molecule has 1 spiro atoms. The number of amides is 3. The number of nitrogens with one attached hydrogen (secondary N) is 3. The van der Waals surface area contributed by atoms with Gasteiger partial charge in [-0.3, -0.25) is 14.4 Å². The van der Waals surface area contributed by atoms with Crippen LogP contribution in [0.2, 0.25) is 0 Å². The third kappa shape index (κ3) is 5.54. The van der Waals surface area contributed by atoms with E-state index in [0.717, 1.165) is 33.9 Å². The molecule has 2 aliphatic heterocycles. The van der Waals surface area contributed by atoms with Gasteiger partial charge in [0.1, 0.15) is 17.5 Å². The zero-order chi connectivity index (χ0) is 28.9. The third-order valence-corrected chi connectivity index (χ3v) is 7.87. The van der Waals surface area contributed by atoms with E-state index < -0.39 is 75.2 Å². The summed E-state index contributed by atoms with van der Waals surface area (Å²) in [4.78, 5) is 38.0. The van der Waals surface area contributed by atoms with Gasteiger partial charge >= 0.3 is 18.0 Å². The first-order valence-corrected chi connectivity index (χ1v) is 12.8. The summed E-state index contributed by atoms with van der Waals surface area (Å²) < 4.78 is 101. The number of rotatable bonds is 3. The molecular formula is C22H22F5N5O6S. The standard InChI is InChI=1S/C22H22F5N5O6S/c1-11(22(25,26)27)28-19(34)20(35)32-6-5-21(9-32)10-38-17-15(39(36,37)30-21)8-31(2)16(17)18(33)29-12-3-4-13(23)14(24)7-12/h3-4,7-8,11,30H,5-6,9-10H2,1-2H3,(H,28,34)(H,29,33)/t11-,21?/m1/s1. The monoisotopic (exact) mass is 579 g/mol. The summed E-state index contributed by atoms with van der Waals surface area (Å²) in [5.41, 5.74) is -1.82. The maximum Gasteiger partial charge on any atom is 0.408 e. The van der Waals surface area contributed by atoms with Crippen LogP contribution >= 0.6 is 0 Å². The van der Waals surface area contributed by atoms with Gasteiger partial charge in [0, 0.05) is 38.1 Å². The van der Waals surface area contributed by atoms with Crippen molar-refractivity contribution in [1.29, 1.82) is 0 Å². The second-order valence-corrected chi connectivity index (χ2v) is 10.9. The first kappa shape index (κ1) is 28.3. The summed E-state index contributed by atoms with van der Waals surface area (Å²) in [6.45, 7) is -0.299. The number of hydrogen-bond acceptors (Lipinski definition) is 6. The number of carbonyl (C=O) groups is 3. The van der Waals surface area contributed by atoms with Crippen LogP contribution in [0.4, 0.5) is 27.6 Å². The highest BCUT2D eigenvalue weighted by molar-refractivity contribution is 7.89. The molecule has 1 saturated heterocycles. The van der Waals surface area contributed by atoms with Gasteiger partial charge in [-0.05, 0) is 25.5 Å². The van der Waals surface area contributed by atoms with Gasteiger partial charge in [0.15, 0.2) is 23.1 Å². The molecule has 212 valence electrons. The zero-order valence-electron chi connectivity index (χ0n) is 20.4. The quantitative estimate of drug-likeness (QED) is 0.370. The van der Waals surface area contributed by atoms with Crippen LogP contribution in [-0.4, -0.2) is 73.1 Å². The number of aromatic nitrogens is 1. The Bertz CT molecular complexity index is 1460. The first-order valence-electron chi connectivity index (χ1n) is 11.3. The molecule has 1 unspecified atom stereocenters. The number of benzene rings is 1. The molecule has 1 fully saturated rings. The van der Waals surface area contributed by atoms with Crippen LogP contribution in [0, 0.1) is 11.6 Å². The Morgan fingerprint density at radius 1 is 1.18 bits per heavy atom. The normalized spacial score (nSPS) is 21.1. The number of aryl methyl sites for hydroxylation is 1. The summed E-state index contributed by atoms with van der Waals surface area (Å²) >= 11 is 0. The molecule has 0 bridgehead atoms. The number of hydrogen-bond donors (Lipinski definition) is 3. The van der Waals surface area contributed by atoms with Crippen LogP contribution in [0.3, 0.4) is 0 Å². The fraction of sp³-hybridized carbons (Fsp3) is 0.409. The SMILES string of the molecule is C[C@@H](NC(=O)C(=O)N1CCC2(COc3c(cn(C)c3C(=O)Nc3ccc(F)c(F)c3)S(=O)(=O)N2)C1)C(F)(F)F. The molecule has 2 atom stereocenters. The molecule has 11 nitrogen and oxygen atoms in total.